The number of benzene rings is 1. The van der Waals surface area contributed by atoms with E-state index in [9.17, 15) is 14.3 Å². The van der Waals surface area contributed by atoms with Crippen molar-refractivity contribution in [3.8, 4) is 0 Å². The summed E-state index contributed by atoms with van der Waals surface area (Å²) in [5, 5.41) is 15.1. The van der Waals surface area contributed by atoms with E-state index in [2.05, 4.69) is 43.9 Å². The van der Waals surface area contributed by atoms with E-state index in [1.54, 1.807) is 10.7 Å². The first-order chi connectivity index (χ1) is 22.7. The van der Waals surface area contributed by atoms with Crippen LogP contribution in [0.3, 0.4) is 0 Å². The highest BCUT2D eigenvalue weighted by Gasteiger charge is 2.40. The van der Waals surface area contributed by atoms with Crippen LogP contribution >= 0.6 is 0 Å². The molecular formula is C37H53FN6O3Si. The average Bonchev–Trinajstić information content (AvgIpc) is 3.36. The van der Waals surface area contributed by atoms with Gasteiger partial charge in [0.2, 0.25) is 5.95 Å². The number of amides is 1. The van der Waals surface area contributed by atoms with Gasteiger partial charge >= 0.3 is 6.09 Å². The third-order valence-corrected chi connectivity index (χ3v) is 14.0. The van der Waals surface area contributed by atoms with Crippen molar-refractivity contribution in [3.05, 3.63) is 83.1 Å². The molecule has 9 nitrogen and oxygen atoms in total. The number of pyridine rings is 1. The molecule has 0 saturated carbocycles. The van der Waals surface area contributed by atoms with Gasteiger partial charge in [0.05, 0.1) is 18.3 Å². The molecule has 0 saturated heterocycles. The highest BCUT2D eigenvalue weighted by molar-refractivity contribution is 6.74. The van der Waals surface area contributed by atoms with Crippen molar-refractivity contribution < 1.29 is 18.7 Å². The van der Waals surface area contributed by atoms with Crippen LogP contribution in [0.1, 0.15) is 114 Å². The SMILES string of the molecule is CC(C)c1c(N)nn2c(N(Cc3ccccc3)C(=O)O)cc([C@@H](CCCCCCCCc3ccc(F)nc3)O[Si](C)(C)C(C)(C)C)nc12. The maximum atomic E-state index is 13.1. The molecule has 260 valence electrons. The molecule has 0 unspecified atom stereocenters. The Kier molecular flexibility index (Phi) is 12.4. The maximum absolute atomic E-state index is 13.1. The van der Waals surface area contributed by atoms with Crippen LogP contribution in [0.5, 0.6) is 0 Å². The van der Waals surface area contributed by atoms with E-state index in [0.29, 0.717) is 23.0 Å². The molecule has 4 rings (SSSR count). The quantitative estimate of drug-likeness (QED) is 0.0689. The molecule has 0 aliphatic heterocycles. The smallest absolute Gasteiger partial charge is 0.413 e. The largest absolute Gasteiger partial charge is 0.465 e. The number of carboxylic acid groups (broad SMARTS) is 1. The predicted octanol–water partition coefficient (Wildman–Crippen LogP) is 9.69. The Morgan fingerprint density at radius 3 is 2.29 bits per heavy atom. The van der Waals surface area contributed by atoms with Crippen molar-refractivity contribution in [2.45, 2.75) is 123 Å². The highest BCUT2D eigenvalue weighted by atomic mass is 28.4. The molecule has 0 fully saturated rings. The fraction of sp³-hybridized carbons (Fsp3) is 0.514. The van der Waals surface area contributed by atoms with E-state index in [1.165, 1.54) is 11.0 Å². The number of nitrogens with zero attached hydrogens (tertiary/aromatic N) is 5. The summed E-state index contributed by atoms with van der Waals surface area (Å²) in [6, 6.07) is 14.6. The number of halogens is 1. The Bertz CT molecular complexity index is 1640. The van der Waals surface area contributed by atoms with Crippen LogP contribution in [0.15, 0.2) is 54.7 Å². The molecule has 0 bridgehead atoms. The number of rotatable bonds is 16. The zero-order valence-corrected chi connectivity index (χ0v) is 30.7. The maximum Gasteiger partial charge on any atom is 0.413 e. The third kappa shape index (κ3) is 9.41. The number of hydrogen-bond acceptors (Lipinski definition) is 6. The third-order valence-electron chi connectivity index (χ3n) is 9.47. The molecule has 48 heavy (non-hydrogen) atoms. The van der Waals surface area contributed by atoms with E-state index in [1.807, 2.05) is 56.3 Å². The molecule has 0 aliphatic rings. The summed E-state index contributed by atoms with van der Waals surface area (Å²) in [6.45, 7) is 15.4. The number of aryl methyl sites for hydroxylation is 1. The molecule has 0 radical (unpaired) electrons. The molecule has 1 atom stereocenters. The summed E-state index contributed by atoms with van der Waals surface area (Å²) in [5.74, 6) is 0.329. The lowest BCUT2D eigenvalue weighted by Crippen LogP contribution is -2.42. The minimum absolute atomic E-state index is 0.0250. The second kappa shape index (κ2) is 16.0. The average molecular weight is 677 g/mol. The Hall–Kier alpha value is -3.83. The number of unbranched alkanes of at least 4 members (excludes halogenated alkanes) is 5. The minimum atomic E-state index is -2.24. The van der Waals surface area contributed by atoms with Crippen LogP contribution in [0, 0.1) is 5.95 Å². The number of fused-ring (bicyclic) bond motifs is 1. The summed E-state index contributed by atoms with van der Waals surface area (Å²) < 4.78 is 21.8. The number of carbonyl (C=O) groups is 1. The molecule has 4 aromatic rings. The van der Waals surface area contributed by atoms with Crippen molar-refractivity contribution in [2.24, 2.45) is 0 Å². The Morgan fingerprint density at radius 2 is 1.69 bits per heavy atom. The Labute approximate surface area is 285 Å². The van der Waals surface area contributed by atoms with E-state index in [-0.39, 0.29) is 23.6 Å². The number of aromatic nitrogens is 4. The van der Waals surface area contributed by atoms with E-state index in [4.69, 9.17) is 15.1 Å². The van der Waals surface area contributed by atoms with Gasteiger partial charge in [-0.1, -0.05) is 103 Å². The minimum Gasteiger partial charge on any atom is -0.465 e. The van der Waals surface area contributed by atoms with Gasteiger partial charge in [0, 0.05) is 17.8 Å². The van der Waals surface area contributed by atoms with Crippen LogP contribution in [-0.4, -0.2) is 39.1 Å². The fourth-order valence-corrected chi connectivity index (χ4v) is 7.00. The molecule has 0 spiro atoms. The van der Waals surface area contributed by atoms with Crippen molar-refractivity contribution in [3.63, 3.8) is 0 Å². The normalized spacial score (nSPS) is 12.9. The van der Waals surface area contributed by atoms with Crippen molar-refractivity contribution >= 4 is 31.7 Å². The number of hydrogen-bond donors (Lipinski definition) is 2. The first-order valence-corrected chi connectivity index (χ1v) is 20.1. The summed E-state index contributed by atoms with van der Waals surface area (Å²) in [5.41, 5.74) is 10.4. The van der Waals surface area contributed by atoms with E-state index >= 15 is 0 Å². The van der Waals surface area contributed by atoms with Gasteiger partial charge in [0.25, 0.3) is 0 Å². The lowest BCUT2D eigenvalue weighted by Gasteiger charge is -2.39. The molecular weight excluding hydrogens is 624 g/mol. The summed E-state index contributed by atoms with van der Waals surface area (Å²) >= 11 is 0. The van der Waals surface area contributed by atoms with Gasteiger partial charge in [-0.25, -0.2) is 14.8 Å². The van der Waals surface area contributed by atoms with Crippen molar-refractivity contribution in [1.29, 1.82) is 0 Å². The summed E-state index contributed by atoms with van der Waals surface area (Å²) in [4.78, 5) is 23.0. The van der Waals surface area contributed by atoms with Crippen LogP contribution in [-0.2, 0) is 17.4 Å². The van der Waals surface area contributed by atoms with Gasteiger partial charge < -0.3 is 15.3 Å². The monoisotopic (exact) mass is 676 g/mol. The second-order valence-corrected chi connectivity index (χ2v) is 19.4. The summed E-state index contributed by atoms with van der Waals surface area (Å²) in [6.07, 6.45) is 8.27. The first-order valence-electron chi connectivity index (χ1n) is 17.2. The Morgan fingerprint density at radius 1 is 1.02 bits per heavy atom. The molecule has 3 N–H and O–H groups in total. The van der Waals surface area contributed by atoms with Gasteiger partial charge in [0.15, 0.2) is 19.8 Å². The molecule has 3 aromatic heterocycles. The Balaban J connectivity index is 1.60. The van der Waals surface area contributed by atoms with Gasteiger partial charge in [-0.15, -0.1) is 5.10 Å². The zero-order chi connectivity index (χ0) is 35.1. The van der Waals surface area contributed by atoms with E-state index in [0.717, 1.165) is 68.1 Å². The highest BCUT2D eigenvalue weighted by Crippen LogP contribution is 2.42. The standard InChI is InChI=1S/C37H53FN6O3Si/c1-26(2)33-34(39)42-44-32(43(36(45)46)25-28-18-14-12-15-19-28)23-29(41-35(33)44)30(47-48(6,7)37(3,4)5)20-16-11-9-8-10-13-17-27-21-22-31(38)40-24-27/h12,14-15,18-19,21-24,26,30H,8-11,13,16-17,20,25H2,1-7H3,(H2,39,42)(H,45,46)/t30-/m1/s1. The van der Waals surface area contributed by atoms with E-state index < -0.39 is 20.4 Å². The zero-order valence-electron chi connectivity index (χ0n) is 29.7. The van der Waals surface area contributed by atoms with Gasteiger partial charge in [-0.3, -0.25) is 4.90 Å². The van der Waals surface area contributed by atoms with Crippen molar-refractivity contribution in [2.75, 3.05) is 10.6 Å². The van der Waals surface area contributed by atoms with Gasteiger partial charge in [-0.05, 0) is 60.5 Å². The summed E-state index contributed by atoms with van der Waals surface area (Å²) in [7, 11) is -2.24. The van der Waals surface area contributed by atoms with Crippen LogP contribution in [0.4, 0.5) is 20.8 Å². The number of nitrogen functional groups attached to an aromatic ring is 1. The van der Waals surface area contributed by atoms with Crippen LogP contribution < -0.4 is 10.6 Å². The molecule has 3 heterocycles. The predicted molar refractivity (Wildman–Crippen MR) is 193 cm³/mol. The van der Waals surface area contributed by atoms with Gasteiger partial charge in [0.1, 0.15) is 5.82 Å². The van der Waals surface area contributed by atoms with Gasteiger partial charge in [-0.2, -0.15) is 8.91 Å². The number of nitrogens with two attached hydrogens (primary N) is 1. The fourth-order valence-electron chi connectivity index (χ4n) is 5.70. The lowest BCUT2D eigenvalue weighted by molar-refractivity contribution is 0.165. The molecule has 1 aromatic carbocycles. The second-order valence-electron chi connectivity index (χ2n) is 14.6. The van der Waals surface area contributed by atoms with Crippen molar-refractivity contribution in [1.82, 2.24) is 19.6 Å². The van der Waals surface area contributed by atoms with Crippen LogP contribution in [0.2, 0.25) is 18.1 Å². The van der Waals surface area contributed by atoms with Crippen LogP contribution in [0.25, 0.3) is 5.65 Å². The molecule has 1 amide bonds. The molecule has 0 aliphatic carbocycles. The molecule has 11 heteroatoms. The number of anilines is 2. The first kappa shape index (κ1) is 37.0. The topological polar surface area (TPSA) is 119 Å². The lowest BCUT2D eigenvalue weighted by atomic mass is 10.0.